The van der Waals surface area contributed by atoms with E-state index in [1.54, 1.807) is 19.1 Å². The van der Waals surface area contributed by atoms with Crippen LogP contribution in [0.4, 0.5) is 0 Å². The van der Waals surface area contributed by atoms with Crippen LogP contribution < -0.4 is 19.5 Å². The van der Waals surface area contributed by atoms with Crippen molar-refractivity contribution in [1.29, 1.82) is 0 Å². The molecule has 118 valence electrons. The molecule has 1 aromatic carbocycles. The highest BCUT2D eigenvalue weighted by molar-refractivity contribution is 5.95. The zero-order valence-corrected chi connectivity index (χ0v) is 12.9. The lowest BCUT2D eigenvalue weighted by Crippen LogP contribution is -2.23. The summed E-state index contributed by atoms with van der Waals surface area (Å²) in [6.45, 7) is 2.01. The molecule has 1 heterocycles. The van der Waals surface area contributed by atoms with Gasteiger partial charge in [0.25, 0.3) is 5.91 Å². The molecule has 0 aliphatic carbocycles. The minimum Gasteiger partial charge on any atom is -0.493 e. The standard InChI is InChI=1S/C15H18N2O5/c1-9-17-11(8-22-9)7-16-15(18)10-5-12(19-2)14(21-4)13(6-10)20-3/h5-6,8H,7H2,1-4H3,(H,16,18). The first-order chi connectivity index (χ1) is 10.6. The summed E-state index contributed by atoms with van der Waals surface area (Å²) >= 11 is 0. The van der Waals surface area contributed by atoms with Crippen molar-refractivity contribution in [2.24, 2.45) is 0 Å². The van der Waals surface area contributed by atoms with Gasteiger partial charge in [-0.3, -0.25) is 4.79 Å². The van der Waals surface area contributed by atoms with Gasteiger partial charge in [0.2, 0.25) is 5.75 Å². The van der Waals surface area contributed by atoms with Gasteiger partial charge < -0.3 is 23.9 Å². The predicted octanol–water partition coefficient (Wildman–Crippen LogP) is 1.94. The first kappa shape index (κ1) is 15.7. The summed E-state index contributed by atoms with van der Waals surface area (Å²) < 4.78 is 20.8. The molecule has 0 fully saturated rings. The molecule has 2 rings (SSSR count). The van der Waals surface area contributed by atoms with Crippen LogP contribution in [0.5, 0.6) is 17.2 Å². The molecule has 0 aliphatic heterocycles. The number of carbonyl (C=O) groups is 1. The zero-order valence-electron chi connectivity index (χ0n) is 12.9. The molecule has 1 N–H and O–H groups in total. The molecular weight excluding hydrogens is 288 g/mol. The number of rotatable bonds is 6. The summed E-state index contributed by atoms with van der Waals surface area (Å²) in [4.78, 5) is 16.4. The SMILES string of the molecule is COc1cc(C(=O)NCc2coc(C)n2)cc(OC)c1OC. The lowest BCUT2D eigenvalue weighted by atomic mass is 10.1. The summed E-state index contributed by atoms with van der Waals surface area (Å²) in [7, 11) is 4.50. The van der Waals surface area contributed by atoms with Crippen LogP contribution in [0.15, 0.2) is 22.8 Å². The molecular formula is C15H18N2O5. The third kappa shape index (κ3) is 3.30. The molecule has 0 atom stereocenters. The number of ether oxygens (including phenoxy) is 3. The van der Waals surface area contributed by atoms with Crippen LogP contribution in [0.25, 0.3) is 0 Å². The van der Waals surface area contributed by atoms with E-state index in [1.807, 2.05) is 0 Å². The van der Waals surface area contributed by atoms with E-state index in [-0.39, 0.29) is 12.5 Å². The van der Waals surface area contributed by atoms with E-state index >= 15 is 0 Å². The number of amides is 1. The Morgan fingerprint density at radius 3 is 2.27 bits per heavy atom. The molecule has 2 aromatic rings. The number of carbonyl (C=O) groups excluding carboxylic acids is 1. The predicted molar refractivity (Wildman–Crippen MR) is 78.5 cm³/mol. The van der Waals surface area contributed by atoms with Crippen molar-refractivity contribution >= 4 is 5.91 Å². The summed E-state index contributed by atoms with van der Waals surface area (Å²) in [6, 6.07) is 3.18. The van der Waals surface area contributed by atoms with Crippen LogP contribution in [0.1, 0.15) is 21.9 Å². The molecule has 0 aliphatic rings. The van der Waals surface area contributed by atoms with E-state index in [1.165, 1.54) is 27.6 Å². The molecule has 1 amide bonds. The lowest BCUT2D eigenvalue weighted by molar-refractivity contribution is 0.0949. The summed E-state index contributed by atoms with van der Waals surface area (Å²) in [6.07, 6.45) is 1.50. The second-order valence-electron chi connectivity index (χ2n) is 4.45. The van der Waals surface area contributed by atoms with Crippen molar-refractivity contribution in [2.75, 3.05) is 21.3 Å². The summed E-state index contributed by atoms with van der Waals surface area (Å²) in [5.41, 5.74) is 1.05. The Hall–Kier alpha value is -2.70. The maximum absolute atomic E-state index is 12.2. The largest absolute Gasteiger partial charge is 0.493 e. The number of aryl methyl sites for hydroxylation is 1. The van der Waals surface area contributed by atoms with Crippen molar-refractivity contribution in [3.8, 4) is 17.2 Å². The highest BCUT2D eigenvalue weighted by atomic mass is 16.5. The minimum absolute atomic E-state index is 0.271. The van der Waals surface area contributed by atoms with Crippen LogP contribution in [-0.2, 0) is 6.54 Å². The molecule has 7 heteroatoms. The molecule has 0 saturated carbocycles. The van der Waals surface area contributed by atoms with Crippen molar-refractivity contribution in [2.45, 2.75) is 13.5 Å². The normalized spacial score (nSPS) is 10.2. The van der Waals surface area contributed by atoms with E-state index in [4.69, 9.17) is 18.6 Å². The van der Waals surface area contributed by atoms with Gasteiger partial charge in [-0.05, 0) is 12.1 Å². The smallest absolute Gasteiger partial charge is 0.251 e. The fourth-order valence-electron chi connectivity index (χ4n) is 1.97. The van der Waals surface area contributed by atoms with E-state index < -0.39 is 0 Å². The highest BCUT2D eigenvalue weighted by Crippen LogP contribution is 2.38. The third-order valence-corrected chi connectivity index (χ3v) is 3.02. The minimum atomic E-state index is -0.278. The number of nitrogens with one attached hydrogen (secondary N) is 1. The Kier molecular flexibility index (Phi) is 4.88. The average molecular weight is 306 g/mol. The van der Waals surface area contributed by atoms with Crippen molar-refractivity contribution in [3.05, 3.63) is 35.5 Å². The van der Waals surface area contributed by atoms with Gasteiger partial charge in [0.05, 0.1) is 33.6 Å². The Bertz CT molecular complexity index is 641. The maximum atomic E-state index is 12.2. The van der Waals surface area contributed by atoms with Gasteiger partial charge in [-0.1, -0.05) is 0 Å². The Balaban J connectivity index is 2.18. The van der Waals surface area contributed by atoms with E-state index in [2.05, 4.69) is 10.3 Å². The van der Waals surface area contributed by atoms with Crippen LogP contribution in [0.2, 0.25) is 0 Å². The number of nitrogens with zero attached hydrogens (tertiary/aromatic N) is 1. The molecule has 0 spiro atoms. The number of hydrogen-bond donors (Lipinski definition) is 1. The van der Waals surface area contributed by atoms with E-state index in [0.29, 0.717) is 34.4 Å². The molecule has 0 bridgehead atoms. The molecule has 22 heavy (non-hydrogen) atoms. The van der Waals surface area contributed by atoms with Crippen LogP contribution in [-0.4, -0.2) is 32.2 Å². The van der Waals surface area contributed by atoms with Gasteiger partial charge >= 0.3 is 0 Å². The van der Waals surface area contributed by atoms with Crippen LogP contribution in [0.3, 0.4) is 0 Å². The van der Waals surface area contributed by atoms with Gasteiger partial charge in [-0.15, -0.1) is 0 Å². The van der Waals surface area contributed by atoms with Crippen molar-refractivity contribution < 1.29 is 23.4 Å². The maximum Gasteiger partial charge on any atom is 0.251 e. The zero-order chi connectivity index (χ0) is 16.1. The third-order valence-electron chi connectivity index (χ3n) is 3.02. The van der Waals surface area contributed by atoms with Crippen molar-refractivity contribution in [3.63, 3.8) is 0 Å². The first-order valence-corrected chi connectivity index (χ1v) is 6.58. The lowest BCUT2D eigenvalue weighted by Gasteiger charge is -2.13. The number of benzene rings is 1. The quantitative estimate of drug-likeness (QED) is 0.878. The monoisotopic (exact) mass is 306 g/mol. The number of aromatic nitrogens is 1. The fourth-order valence-corrected chi connectivity index (χ4v) is 1.97. The van der Waals surface area contributed by atoms with E-state index in [0.717, 1.165) is 0 Å². The Labute approximate surface area is 128 Å². The topological polar surface area (TPSA) is 82.8 Å². The Morgan fingerprint density at radius 2 is 1.82 bits per heavy atom. The van der Waals surface area contributed by atoms with E-state index in [9.17, 15) is 4.79 Å². The van der Waals surface area contributed by atoms with Crippen molar-refractivity contribution in [1.82, 2.24) is 10.3 Å². The molecule has 0 saturated heterocycles. The Morgan fingerprint density at radius 1 is 1.18 bits per heavy atom. The van der Waals surface area contributed by atoms with Crippen LogP contribution >= 0.6 is 0 Å². The number of methoxy groups -OCH3 is 3. The van der Waals surface area contributed by atoms with Gasteiger partial charge in [-0.25, -0.2) is 4.98 Å². The number of hydrogen-bond acceptors (Lipinski definition) is 6. The van der Waals surface area contributed by atoms with Crippen LogP contribution in [0, 0.1) is 6.92 Å². The van der Waals surface area contributed by atoms with Gasteiger partial charge in [0.15, 0.2) is 17.4 Å². The molecule has 1 aromatic heterocycles. The van der Waals surface area contributed by atoms with Gasteiger partial charge in [-0.2, -0.15) is 0 Å². The molecule has 0 unspecified atom stereocenters. The molecule has 0 radical (unpaired) electrons. The first-order valence-electron chi connectivity index (χ1n) is 6.58. The second kappa shape index (κ2) is 6.84. The van der Waals surface area contributed by atoms with Gasteiger partial charge in [0, 0.05) is 12.5 Å². The fraction of sp³-hybridized carbons (Fsp3) is 0.333. The summed E-state index contributed by atoms with van der Waals surface area (Å²) in [5.74, 6) is 1.55. The summed E-state index contributed by atoms with van der Waals surface area (Å²) in [5, 5.41) is 2.76. The molecule has 7 nitrogen and oxygen atoms in total. The highest BCUT2D eigenvalue weighted by Gasteiger charge is 2.17. The number of oxazole rings is 1. The van der Waals surface area contributed by atoms with Gasteiger partial charge in [0.1, 0.15) is 6.26 Å². The second-order valence-corrected chi connectivity index (χ2v) is 4.45. The average Bonchev–Trinajstić information content (AvgIpc) is 2.96.